The van der Waals surface area contributed by atoms with Gasteiger partial charge in [-0.1, -0.05) is 29.8 Å². The van der Waals surface area contributed by atoms with Gasteiger partial charge in [0.1, 0.15) is 17.2 Å². The van der Waals surface area contributed by atoms with E-state index >= 15 is 0 Å². The molecule has 2 amide bonds. The third-order valence-electron chi connectivity index (χ3n) is 3.97. The maximum absolute atomic E-state index is 12.5. The highest BCUT2D eigenvalue weighted by Gasteiger charge is 2.15. The molecule has 0 saturated heterocycles. The smallest absolute Gasteiger partial charge is 0.271 e. The van der Waals surface area contributed by atoms with E-state index in [1.54, 1.807) is 29.6 Å². The Morgan fingerprint density at radius 1 is 1.07 bits per heavy atom. The predicted molar refractivity (Wildman–Crippen MR) is 112 cm³/mol. The fourth-order valence-corrected chi connectivity index (χ4v) is 3.34. The number of methoxy groups -OCH3 is 2. The fourth-order valence-electron chi connectivity index (χ4n) is 2.45. The van der Waals surface area contributed by atoms with Gasteiger partial charge in [0, 0.05) is 28.6 Å². The zero-order valence-corrected chi connectivity index (χ0v) is 17.3. The molecule has 0 spiro atoms. The normalized spacial score (nSPS) is 10.3. The first kappa shape index (κ1) is 20.6. The minimum absolute atomic E-state index is 0.209. The molecule has 0 aliphatic heterocycles. The number of ether oxygens (including phenoxy) is 2. The lowest BCUT2D eigenvalue weighted by molar-refractivity contribution is 0.0945. The van der Waals surface area contributed by atoms with Gasteiger partial charge in [0.2, 0.25) is 0 Å². The quantitative estimate of drug-likeness (QED) is 0.590. The molecule has 0 fully saturated rings. The fraction of sp³-hybridized carbons (Fsp3) is 0.150. The second-order valence-electron chi connectivity index (χ2n) is 5.87. The van der Waals surface area contributed by atoms with Crippen LogP contribution in [0.15, 0.2) is 47.8 Å². The molecule has 0 aliphatic carbocycles. The van der Waals surface area contributed by atoms with Crippen molar-refractivity contribution < 1.29 is 19.1 Å². The number of carbonyl (C=O) groups is 2. The van der Waals surface area contributed by atoms with Gasteiger partial charge in [-0.05, 0) is 23.8 Å². The molecular weight excluding hydrogens is 414 g/mol. The van der Waals surface area contributed by atoms with Crippen molar-refractivity contribution in [1.29, 1.82) is 0 Å². The average molecular weight is 432 g/mol. The molecule has 0 bridgehead atoms. The molecule has 0 unspecified atom stereocenters. The molecule has 3 rings (SSSR count). The SMILES string of the molecule is COc1cc(OC)cc(C(=O)Nc2nc(C(=O)NCc3ccccc3Cl)cs2)c1. The number of thiazole rings is 1. The van der Waals surface area contributed by atoms with E-state index in [1.165, 1.54) is 14.2 Å². The lowest BCUT2D eigenvalue weighted by Crippen LogP contribution is -2.23. The average Bonchev–Trinajstić information content (AvgIpc) is 3.21. The molecule has 7 nitrogen and oxygen atoms in total. The molecule has 1 aromatic heterocycles. The minimum atomic E-state index is -0.389. The number of anilines is 1. The van der Waals surface area contributed by atoms with E-state index in [-0.39, 0.29) is 24.1 Å². The van der Waals surface area contributed by atoms with Crippen LogP contribution in [-0.4, -0.2) is 31.0 Å². The summed E-state index contributed by atoms with van der Waals surface area (Å²) in [6.45, 7) is 0.279. The van der Waals surface area contributed by atoms with E-state index < -0.39 is 0 Å². The maximum atomic E-state index is 12.5. The molecule has 9 heteroatoms. The van der Waals surface area contributed by atoms with Crippen LogP contribution in [0, 0.1) is 0 Å². The summed E-state index contributed by atoms with van der Waals surface area (Å²) in [4.78, 5) is 29.0. The van der Waals surface area contributed by atoms with Gasteiger partial charge >= 0.3 is 0 Å². The number of aromatic nitrogens is 1. The molecule has 0 atom stereocenters. The Balaban J connectivity index is 1.64. The zero-order valence-electron chi connectivity index (χ0n) is 15.7. The molecule has 2 N–H and O–H groups in total. The lowest BCUT2D eigenvalue weighted by atomic mass is 10.2. The largest absolute Gasteiger partial charge is 0.497 e. The Morgan fingerprint density at radius 2 is 1.76 bits per heavy atom. The monoisotopic (exact) mass is 431 g/mol. The highest BCUT2D eigenvalue weighted by Crippen LogP contribution is 2.24. The molecule has 0 saturated carbocycles. The summed E-state index contributed by atoms with van der Waals surface area (Å²) in [5.74, 6) is 0.242. The summed E-state index contributed by atoms with van der Waals surface area (Å²) in [6.07, 6.45) is 0. The van der Waals surface area contributed by atoms with Crippen molar-refractivity contribution in [3.05, 3.63) is 69.7 Å². The Morgan fingerprint density at radius 3 is 2.41 bits per heavy atom. The van der Waals surface area contributed by atoms with Gasteiger partial charge in [-0.15, -0.1) is 11.3 Å². The lowest BCUT2D eigenvalue weighted by Gasteiger charge is -2.08. The number of halogens is 1. The Kier molecular flexibility index (Phi) is 6.69. The van der Waals surface area contributed by atoms with Gasteiger partial charge in [0.05, 0.1) is 14.2 Å². The van der Waals surface area contributed by atoms with Crippen molar-refractivity contribution in [3.63, 3.8) is 0 Å². The van der Waals surface area contributed by atoms with Crippen molar-refractivity contribution >= 4 is 39.9 Å². The van der Waals surface area contributed by atoms with E-state index in [0.29, 0.717) is 27.2 Å². The van der Waals surface area contributed by atoms with E-state index in [2.05, 4.69) is 15.6 Å². The second-order valence-corrected chi connectivity index (χ2v) is 7.13. The molecule has 29 heavy (non-hydrogen) atoms. The van der Waals surface area contributed by atoms with Crippen molar-refractivity contribution in [2.75, 3.05) is 19.5 Å². The zero-order chi connectivity index (χ0) is 20.8. The third kappa shape index (κ3) is 5.24. The van der Waals surface area contributed by atoms with Crippen molar-refractivity contribution in [2.45, 2.75) is 6.54 Å². The second kappa shape index (κ2) is 9.40. The Labute approximate surface area is 176 Å². The predicted octanol–water partition coefficient (Wildman–Crippen LogP) is 4.00. The number of nitrogens with one attached hydrogen (secondary N) is 2. The summed E-state index contributed by atoms with van der Waals surface area (Å²) >= 11 is 7.24. The number of rotatable bonds is 7. The highest BCUT2D eigenvalue weighted by atomic mass is 35.5. The van der Waals surface area contributed by atoms with Gasteiger partial charge in [-0.25, -0.2) is 4.98 Å². The summed E-state index contributed by atoms with van der Waals surface area (Å²) < 4.78 is 10.3. The number of hydrogen-bond donors (Lipinski definition) is 2. The van der Waals surface area contributed by atoms with Crippen LogP contribution in [0.5, 0.6) is 11.5 Å². The molecule has 3 aromatic rings. The minimum Gasteiger partial charge on any atom is -0.497 e. The molecule has 150 valence electrons. The van der Waals surface area contributed by atoms with Gasteiger partial charge in [-0.2, -0.15) is 0 Å². The van der Waals surface area contributed by atoms with Crippen LogP contribution in [0.2, 0.25) is 5.02 Å². The third-order valence-corrected chi connectivity index (χ3v) is 5.09. The van der Waals surface area contributed by atoms with Gasteiger partial charge in [-0.3, -0.25) is 14.9 Å². The first-order valence-electron chi connectivity index (χ1n) is 8.51. The van der Waals surface area contributed by atoms with E-state index in [4.69, 9.17) is 21.1 Å². The Bertz CT molecular complexity index is 1020. The molecule has 0 aliphatic rings. The number of amides is 2. The number of carbonyl (C=O) groups excluding carboxylic acids is 2. The standard InChI is InChI=1S/C20H18ClN3O4S/c1-27-14-7-13(8-15(9-14)28-2)18(25)24-20-23-17(11-29-20)19(26)22-10-12-5-3-4-6-16(12)21/h3-9,11H,10H2,1-2H3,(H,22,26)(H,23,24,25). The molecule has 0 radical (unpaired) electrons. The van der Waals surface area contributed by atoms with Crippen molar-refractivity contribution in [3.8, 4) is 11.5 Å². The van der Waals surface area contributed by atoms with E-state index in [1.807, 2.05) is 18.2 Å². The highest BCUT2D eigenvalue weighted by molar-refractivity contribution is 7.14. The first-order valence-corrected chi connectivity index (χ1v) is 9.77. The number of hydrogen-bond acceptors (Lipinski definition) is 6. The number of nitrogens with zero attached hydrogens (tertiary/aromatic N) is 1. The van der Waals surface area contributed by atoms with Crippen LogP contribution in [0.3, 0.4) is 0 Å². The van der Waals surface area contributed by atoms with Gasteiger partial charge in [0.15, 0.2) is 5.13 Å². The van der Waals surface area contributed by atoms with E-state index in [9.17, 15) is 9.59 Å². The van der Waals surface area contributed by atoms with Crippen LogP contribution < -0.4 is 20.1 Å². The van der Waals surface area contributed by atoms with Crippen molar-refractivity contribution in [1.82, 2.24) is 10.3 Å². The maximum Gasteiger partial charge on any atom is 0.271 e. The number of benzene rings is 2. The van der Waals surface area contributed by atoms with Crippen LogP contribution in [0.1, 0.15) is 26.4 Å². The van der Waals surface area contributed by atoms with Crippen LogP contribution in [0.4, 0.5) is 5.13 Å². The first-order chi connectivity index (χ1) is 14.0. The summed E-state index contributed by atoms with van der Waals surface area (Å²) in [6, 6.07) is 12.1. The van der Waals surface area contributed by atoms with Crippen LogP contribution in [-0.2, 0) is 6.54 Å². The summed E-state index contributed by atoms with van der Waals surface area (Å²) in [5.41, 5.74) is 1.36. The van der Waals surface area contributed by atoms with Crippen LogP contribution >= 0.6 is 22.9 Å². The summed E-state index contributed by atoms with van der Waals surface area (Å²) in [7, 11) is 3.01. The molecule has 2 aromatic carbocycles. The molecular formula is C20H18ClN3O4S. The Hall–Kier alpha value is -3.10. The summed E-state index contributed by atoms with van der Waals surface area (Å²) in [5, 5.41) is 7.89. The van der Waals surface area contributed by atoms with Crippen molar-refractivity contribution in [2.24, 2.45) is 0 Å². The van der Waals surface area contributed by atoms with Gasteiger partial charge < -0.3 is 14.8 Å². The van der Waals surface area contributed by atoms with Crippen LogP contribution in [0.25, 0.3) is 0 Å². The van der Waals surface area contributed by atoms with E-state index in [0.717, 1.165) is 16.9 Å². The topological polar surface area (TPSA) is 89.6 Å². The van der Waals surface area contributed by atoms with Gasteiger partial charge in [0.25, 0.3) is 11.8 Å². The molecule has 1 heterocycles.